The fourth-order valence-corrected chi connectivity index (χ4v) is 2.09. The van der Waals surface area contributed by atoms with Gasteiger partial charge < -0.3 is 15.4 Å². The lowest BCUT2D eigenvalue weighted by atomic mass is 10.1. The van der Waals surface area contributed by atoms with Crippen LogP contribution in [0.1, 0.15) is 44.4 Å². The van der Waals surface area contributed by atoms with E-state index in [0.717, 1.165) is 6.54 Å². The normalized spacial score (nSPS) is 12.9. The molecule has 21 heavy (non-hydrogen) atoms. The third kappa shape index (κ3) is 7.71. The zero-order valence-corrected chi connectivity index (χ0v) is 14.0. The monoisotopic (exact) mass is 292 g/mol. The van der Waals surface area contributed by atoms with Crippen LogP contribution in [0.25, 0.3) is 0 Å². The number of benzene rings is 1. The van der Waals surface area contributed by atoms with Gasteiger partial charge in [0, 0.05) is 19.1 Å². The summed E-state index contributed by atoms with van der Waals surface area (Å²) in [5.74, 6) is 0. The molecule has 1 rings (SSSR count). The first-order chi connectivity index (χ1) is 9.65. The maximum absolute atomic E-state index is 11.6. The van der Waals surface area contributed by atoms with Gasteiger partial charge in [0.1, 0.15) is 5.60 Å². The van der Waals surface area contributed by atoms with Crippen molar-refractivity contribution in [1.29, 1.82) is 0 Å². The van der Waals surface area contributed by atoms with Crippen molar-refractivity contribution in [1.82, 2.24) is 10.6 Å². The second kappa shape index (κ2) is 7.46. The zero-order chi connectivity index (χ0) is 16.0. The van der Waals surface area contributed by atoms with Gasteiger partial charge in [-0.05, 0) is 47.1 Å². The van der Waals surface area contributed by atoms with Gasteiger partial charge in [0.15, 0.2) is 0 Å². The van der Waals surface area contributed by atoms with Gasteiger partial charge in [0.05, 0.1) is 0 Å². The number of ether oxygens (including phenoxy) is 1. The van der Waals surface area contributed by atoms with Crippen molar-refractivity contribution in [3.05, 3.63) is 34.9 Å². The molecule has 0 spiro atoms. The van der Waals surface area contributed by atoms with E-state index in [2.05, 4.69) is 42.7 Å². The van der Waals surface area contributed by atoms with E-state index >= 15 is 0 Å². The minimum absolute atomic E-state index is 0.179. The molecule has 0 aliphatic rings. The van der Waals surface area contributed by atoms with Crippen LogP contribution in [0.4, 0.5) is 4.79 Å². The number of hydrogen-bond acceptors (Lipinski definition) is 3. The van der Waals surface area contributed by atoms with Crippen molar-refractivity contribution in [3.63, 3.8) is 0 Å². The highest BCUT2D eigenvalue weighted by atomic mass is 16.6. The Morgan fingerprint density at radius 1 is 1.19 bits per heavy atom. The van der Waals surface area contributed by atoms with Crippen molar-refractivity contribution in [3.8, 4) is 0 Å². The predicted octanol–water partition coefficient (Wildman–Crippen LogP) is 3.31. The lowest BCUT2D eigenvalue weighted by Gasteiger charge is -2.21. The Morgan fingerprint density at radius 2 is 1.76 bits per heavy atom. The molecule has 0 bridgehead atoms. The van der Waals surface area contributed by atoms with Gasteiger partial charge in [-0.1, -0.05) is 29.3 Å². The highest BCUT2D eigenvalue weighted by Gasteiger charge is 2.16. The van der Waals surface area contributed by atoms with E-state index in [1.54, 1.807) is 0 Å². The Hall–Kier alpha value is -1.55. The summed E-state index contributed by atoms with van der Waals surface area (Å²) in [6.45, 7) is 13.1. The molecule has 0 aliphatic carbocycles. The summed E-state index contributed by atoms with van der Waals surface area (Å²) < 4.78 is 5.20. The maximum Gasteiger partial charge on any atom is 0.407 e. The molecule has 2 N–H and O–H groups in total. The second-order valence-electron chi connectivity index (χ2n) is 6.66. The lowest BCUT2D eigenvalue weighted by Crippen LogP contribution is -2.41. The topological polar surface area (TPSA) is 50.4 Å². The van der Waals surface area contributed by atoms with Crippen LogP contribution in [0.5, 0.6) is 0 Å². The number of carbonyl (C=O) groups is 1. The van der Waals surface area contributed by atoms with Crippen LogP contribution in [0.3, 0.4) is 0 Å². The lowest BCUT2D eigenvalue weighted by molar-refractivity contribution is 0.0523. The molecular formula is C17H28N2O2. The molecule has 1 atom stereocenters. The Balaban J connectivity index is 2.34. The number of alkyl carbamates (subject to hydrolysis) is 1. The molecule has 0 heterocycles. The van der Waals surface area contributed by atoms with Crippen LogP contribution < -0.4 is 10.6 Å². The molecule has 0 saturated carbocycles. The van der Waals surface area contributed by atoms with Gasteiger partial charge in [0.25, 0.3) is 0 Å². The van der Waals surface area contributed by atoms with Gasteiger partial charge in [-0.15, -0.1) is 0 Å². The number of amides is 1. The minimum atomic E-state index is -0.458. The average Bonchev–Trinajstić information content (AvgIpc) is 2.30. The first-order valence-electron chi connectivity index (χ1n) is 7.43. The average molecular weight is 292 g/mol. The fourth-order valence-electron chi connectivity index (χ4n) is 2.09. The summed E-state index contributed by atoms with van der Waals surface area (Å²) in [5.41, 5.74) is 3.34. The number of rotatable bonds is 5. The molecule has 0 saturated heterocycles. The number of nitrogens with one attached hydrogen (secondary N) is 2. The summed E-state index contributed by atoms with van der Waals surface area (Å²) in [5, 5.41) is 6.18. The molecule has 0 radical (unpaired) electrons. The summed E-state index contributed by atoms with van der Waals surface area (Å²) >= 11 is 0. The summed E-state index contributed by atoms with van der Waals surface area (Å²) in [7, 11) is 0. The third-order valence-electron chi connectivity index (χ3n) is 2.89. The predicted molar refractivity (Wildman–Crippen MR) is 86.5 cm³/mol. The molecule has 1 aromatic rings. The zero-order valence-electron chi connectivity index (χ0n) is 14.0. The highest BCUT2D eigenvalue weighted by molar-refractivity contribution is 5.67. The van der Waals surface area contributed by atoms with E-state index in [-0.39, 0.29) is 12.1 Å². The van der Waals surface area contributed by atoms with Crippen LogP contribution in [0.2, 0.25) is 0 Å². The van der Waals surface area contributed by atoms with Gasteiger partial charge >= 0.3 is 6.09 Å². The minimum Gasteiger partial charge on any atom is -0.444 e. The van der Waals surface area contributed by atoms with Crippen molar-refractivity contribution in [2.45, 2.75) is 59.7 Å². The van der Waals surface area contributed by atoms with Crippen LogP contribution in [-0.2, 0) is 11.3 Å². The third-order valence-corrected chi connectivity index (χ3v) is 2.89. The van der Waals surface area contributed by atoms with Crippen molar-refractivity contribution in [2.75, 3.05) is 6.54 Å². The van der Waals surface area contributed by atoms with E-state index in [1.807, 2.05) is 27.7 Å². The molecule has 4 nitrogen and oxygen atoms in total. The largest absolute Gasteiger partial charge is 0.444 e. The standard InChI is InChI=1S/C17H28N2O2/c1-12-7-13(2)9-15(8-12)11-18-14(3)10-19-16(20)21-17(4,5)6/h7-9,14,18H,10-11H2,1-6H3,(H,19,20). The first kappa shape index (κ1) is 17.5. The Bertz CT molecular complexity index is 458. The van der Waals surface area contributed by atoms with Gasteiger partial charge in [-0.25, -0.2) is 4.79 Å². The molecule has 0 fully saturated rings. The SMILES string of the molecule is Cc1cc(C)cc(CNC(C)CNC(=O)OC(C)(C)C)c1. The van der Waals surface area contributed by atoms with Gasteiger partial charge in [-0.2, -0.15) is 0 Å². The number of hydrogen-bond donors (Lipinski definition) is 2. The Labute approximate surface area is 128 Å². The van der Waals surface area contributed by atoms with Crippen molar-refractivity contribution in [2.24, 2.45) is 0 Å². The molecular weight excluding hydrogens is 264 g/mol. The van der Waals surface area contributed by atoms with E-state index in [1.165, 1.54) is 16.7 Å². The van der Waals surface area contributed by atoms with Crippen LogP contribution in [-0.4, -0.2) is 24.3 Å². The molecule has 4 heteroatoms. The fraction of sp³-hybridized carbons (Fsp3) is 0.588. The van der Waals surface area contributed by atoms with Gasteiger partial charge in [0.2, 0.25) is 0 Å². The molecule has 1 aromatic carbocycles. The molecule has 0 aromatic heterocycles. The number of carbonyl (C=O) groups excluding carboxylic acids is 1. The van der Waals surface area contributed by atoms with E-state index in [0.29, 0.717) is 6.54 Å². The van der Waals surface area contributed by atoms with E-state index in [9.17, 15) is 4.79 Å². The number of aryl methyl sites for hydroxylation is 2. The van der Waals surface area contributed by atoms with Crippen LogP contribution in [0.15, 0.2) is 18.2 Å². The van der Waals surface area contributed by atoms with Crippen molar-refractivity contribution < 1.29 is 9.53 Å². The molecule has 118 valence electrons. The Kier molecular flexibility index (Phi) is 6.21. The van der Waals surface area contributed by atoms with Crippen LogP contribution in [0, 0.1) is 13.8 Å². The summed E-state index contributed by atoms with van der Waals surface area (Å²) in [6, 6.07) is 6.69. The smallest absolute Gasteiger partial charge is 0.407 e. The molecule has 0 aliphatic heterocycles. The van der Waals surface area contributed by atoms with Gasteiger partial charge in [-0.3, -0.25) is 0 Å². The molecule has 1 amide bonds. The van der Waals surface area contributed by atoms with Crippen LogP contribution >= 0.6 is 0 Å². The quantitative estimate of drug-likeness (QED) is 0.875. The highest BCUT2D eigenvalue weighted by Crippen LogP contribution is 2.09. The Morgan fingerprint density at radius 3 is 2.29 bits per heavy atom. The van der Waals surface area contributed by atoms with Crippen molar-refractivity contribution >= 4 is 6.09 Å². The van der Waals surface area contributed by atoms with E-state index in [4.69, 9.17) is 4.74 Å². The second-order valence-corrected chi connectivity index (χ2v) is 6.66. The first-order valence-corrected chi connectivity index (χ1v) is 7.43. The maximum atomic E-state index is 11.6. The van der Waals surface area contributed by atoms with E-state index < -0.39 is 5.60 Å². The molecule has 1 unspecified atom stereocenters. The summed E-state index contributed by atoms with van der Waals surface area (Å²) in [6.07, 6.45) is -0.373. The summed E-state index contributed by atoms with van der Waals surface area (Å²) in [4.78, 5) is 11.6.